The molecule has 0 radical (unpaired) electrons. The maximum atomic E-state index is 12.2. The molecule has 1 aliphatic rings. The summed E-state index contributed by atoms with van der Waals surface area (Å²) >= 11 is 6.75. The highest BCUT2D eigenvalue weighted by Crippen LogP contribution is 2.23. The summed E-state index contributed by atoms with van der Waals surface area (Å²) in [4.78, 5) is 17.7. The molecule has 2 heterocycles. The third kappa shape index (κ3) is 4.80. The van der Waals surface area contributed by atoms with Crippen LogP contribution < -0.4 is 5.32 Å². The molecule has 1 aliphatic heterocycles. The van der Waals surface area contributed by atoms with Gasteiger partial charge < -0.3 is 5.32 Å². The first kappa shape index (κ1) is 16.5. The molecule has 1 aromatic heterocycles. The Morgan fingerprint density at radius 1 is 1.22 bits per heavy atom. The first-order valence-corrected chi connectivity index (χ1v) is 9.82. The van der Waals surface area contributed by atoms with Crippen LogP contribution in [0.25, 0.3) is 6.08 Å². The number of allylic oxidation sites excluding steroid dienone is 1. The minimum Gasteiger partial charge on any atom is -0.335 e. The summed E-state index contributed by atoms with van der Waals surface area (Å²) in [5.74, 6) is 1.11. The average Bonchev–Trinajstić information content (AvgIpc) is 3.00. The molecule has 1 aromatic carbocycles. The Kier molecular flexibility index (Phi) is 5.70. The number of nitrogens with one attached hydrogen (secondary N) is 1. The first-order chi connectivity index (χ1) is 11.2. The molecule has 0 atom stereocenters. The van der Waals surface area contributed by atoms with Crippen molar-refractivity contribution >= 4 is 61.7 Å². The summed E-state index contributed by atoms with van der Waals surface area (Å²) < 4.78 is 1.06. The van der Waals surface area contributed by atoms with Gasteiger partial charge in [0.1, 0.15) is 0 Å². The molecule has 0 saturated heterocycles. The van der Waals surface area contributed by atoms with E-state index >= 15 is 0 Å². The lowest BCUT2D eigenvalue weighted by Gasteiger charge is -2.13. The number of amidine groups is 1. The molecule has 0 amide bonds. The molecular weight excluding hydrogens is 392 g/mol. The second-order valence-electron chi connectivity index (χ2n) is 4.93. The van der Waals surface area contributed by atoms with Crippen molar-refractivity contribution in [3.05, 3.63) is 56.7 Å². The van der Waals surface area contributed by atoms with Gasteiger partial charge in [-0.1, -0.05) is 11.8 Å². The van der Waals surface area contributed by atoms with E-state index in [4.69, 9.17) is 0 Å². The molecule has 3 rings (SSSR count). The molecule has 0 fully saturated rings. The van der Waals surface area contributed by atoms with Crippen LogP contribution in [0, 0.1) is 0 Å². The van der Waals surface area contributed by atoms with Crippen LogP contribution >= 0.6 is 39.0 Å². The largest absolute Gasteiger partial charge is 0.335 e. The third-order valence-corrected chi connectivity index (χ3v) is 5.80. The summed E-state index contributed by atoms with van der Waals surface area (Å²) in [5.41, 5.74) is 1.64. The van der Waals surface area contributed by atoms with E-state index < -0.39 is 0 Å². The number of carbonyl (C=O) groups excluding carboxylic acids is 1. The van der Waals surface area contributed by atoms with Gasteiger partial charge in [-0.25, -0.2) is 0 Å². The van der Waals surface area contributed by atoms with Crippen LogP contribution in [0.1, 0.15) is 21.7 Å². The van der Waals surface area contributed by atoms with Crippen molar-refractivity contribution in [3.63, 3.8) is 0 Å². The van der Waals surface area contributed by atoms with Gasteiger partial charge in [-0.3, -0.25) is 9.79 Å². The third-order valence-electron chi connectivity index (χ3n) is 3.21. The van der Waals surface area contributed by atoms with E-state index in [0.717, 1.165) is 38.2 Å². The van der Waals surface area contributed by atoms with Crippen molar-refractivity contribution in [2.45, 2.75) is 6.42 Å². The van der Waals surface area contributed by atoms with Crippen LogP contribution in [-0.2, 0) is 0 Å². The zero-order chi connectivity index (χ0) is 16.1. The summed E-state index contributed by atoms with van der Waals surface area (Å²) in [6, 6.07) is 11.5. The molecule has 0 unspecified atom stereocenters. The van der Waals surface area contributed by atoms with E-state index in [1.54, 1.807) is 29.2 Å². The fourth-order valence-electron chi connectivity index (χ4n) is 2.05. The van der Waals surface area contributed by atoms with E-state index in [1.165, 1.54) is 0 Å². The highest BCUT2D eigenvalue weighted by molar-refractivity contribution is 9.11. The number of anilines is 1. The Bertz CT molecular complexity index is 750. The predicted molar refractivity (Wildman–Crippen MR) is 105 cm³/mol. The molecule has 118 valence electrons. The lowest BCUT2D eigenvalue weighted by Crippen LogP contribution is -2.13. The van der Waals surface area contributed by atoms with Gasteiger partial charge >= 0.3 is 0 Å². The molecule has 0 saturated carbocycles. The van der Waals surface area contributed by atoms with Gasteiger partial charge in [0.2, 0.25) is 0 Å². The fraction of sp³-hybridized carbons (Fsp3) is 0.176. The second kappa shape index (κ2) is 7.95. The minimum atomic E-state index is 0.00505. The van der Waals surface area contributed by atoms with Gasteiger partial charge in [-0.05, 0) is 70.9 Å². The standard InChI is InChI=1S/C17H15BrN2OS2/c18-16-9-7-14(23-16)6-8-15(21)12-2-4-13(5-3-12)20-17-19-10-1-11-22-17/h2-9H,1,10-11H2,(H,19,20)/b8-6+. The maximum absolute atomic E-state index is 12.2. The second-order valence-corrected chi connectivity index (χ2v) is 8.51. The monoisotopic (exact) mass is 406 g/mol. The zero-order valence-corrected chi connectivity index (χ0v) is 15.5. The number of hydrogen-bond acceptors (Lipinski definition) is 5. The van der Waals surface area contributed by atoms with Gasteiger partial charge in [0.05, 0.1) is 3.79 Å². The number of halogens is 1. The van der Waals surface area contributed by atoms with E-state index in [0.29, 0.717) is 5.56 Å². The molecule has 0 bridgehead atoms. The zero-order valence-electron chi connectivity index (χ0n) is 12.3. The lowest BCUT2D eigenvalue weighted by atomic mass is 10.1. The maximum Gasteiger partial charge on any atom is 0.185 e. The van der Waals surface area contributed by atoms with Crippen molar-refractivity contribution < 1.29 is 4.79 Å². The number of thioether (sulfide) groups is 1. The number of carbonyl (C=O) groups is 1. The lowest BCUT2D eigenvalue weighted by molar-refractivity contribution is 0.104. The molecule has 1 N–H and O–H groups in total. The topological polar surface area (TPSA) is 41.5 Å². The molecule has 2 aromatic rings. The van der Waals surface area contributed by atoms with Crippen LogP contribution in [0.2, 0.25) is 0 Å². The van der Waals surface area contributed by atoms with E-state index in [-0.39, 0.29) is 5.78 Å². The number of nitrogens with zero attached hydrogens (tertiary/aromatic N) is 1. The highest BCUT2D eigenvalue weighted by Gasteiger charge is 2.07. The molecule has 6 heteroatoms. The van der Waals surface area contributed by atoms with Gasteiger partial charge in [-0.15, -0.1) is 11.3 Å². The highest BCUT2D eigenvalue weighted by atomic mass is 79.9. The molecular formula is C17H15BrN2OS2. The Labute approximate surface area is 152 Å². The Morgan fingerprint density at radius 3 is 2.70 bits per heavy atom. The number of ketones is 1. The van der Waals surface area contributed by atoms with E-state index in [9.17, 15) is 4.79 Å². The normalized spacial score (nSPS) is 14.7. The van der Waals surface area contributed by atoms with Crippen LogP contribution in [0.5, 0.6) is 0 Å². The van der Waals surface area contributed by atoms with Crippen molar-refractivity contribution in [2.75, 3.05) is 17.6 Å². The smallest absolute Gasteiger partial charge is 0.185 e. The Hall–Kier alpha value is -1.37. The van der Waals surface area contributed by atoms with Gasteiger partial charge in [0.25, 0.3) is 0 Å². The number of rotatable bonds is 4. The molecule has 3 nitrogen and oxygen atoms in total. The Balaban J connectivity index is 1.63. The summed E-state index contributed by atoms with van der Waals surface area (Å²) in [7, 11) is 0. The number of hydrogen-bond donors (Lipinski definition) is 1. The molecule has 23 heavy (non-hydrogen) atoms. The Morgan fingerprint density at radius 2 is 2.04 bits per heavy atom. The quantitative estimate of drug-likeness (QED) is 0.552. The van der Waals surface area contributed by atoms with Gasteiger partial charge in [-0.2, -0.15) is 0 Å². The van der Waals surface area contributed by atoms with Crippen LogP contribution in [0.3, 0.4) is 0 Å². The average molecular weight is 407 g/mol. The molecule has 0 aliphatic carbocycles. The summed E-state index contributed by atoms with van der Waals surface area (Å²) in [5, 5.41) is 4.24. The van der Waals surface area contributed by atoms with Gasteiger partial charge in [0, 0.05) is 28.4 Å². The van der Waals surface area contributed by atoms with Crippen molar-refractivity contribution in [1.82, 2.24) is 0 Å². The van der Waals surface area contributed by atoms with E-state index in [1.807, 2.05) is 42.5 Å². The van der Waals surface area contributed by atoms with Crippen molar-refractivity contribution in [3.8, 4) is 0 Å². The number of aliphatic imine (C=N–C) groups is 1. The number of benzene rings is 1. The van der Waals surface area contributed by atoms with Gasteiger partial charge in [0.15, 0.2) is 11.0 Å². The minimum absolute atomic E-state index is 0.00505. The van der Waals surface area contributed by atoms with Crippen molar-refractivity contribution in [2.24, 2.45) is 4.99 Å². The van der Waals surface area contributed by atoms with Crippen molar-refractivity contribution in [1.29, 1.82) is 0 Å². The predicted octanol–water partition coefficient (Wildman–Crippen LogP) is 5.31. The fourth-order valence-corrected chi connectivity index (χ4v) is 4.21. The summed E-state index contributed by atoms with van der Waals surface area (Å²) in [6.07, 6.45) is 4.59. The number of thiophene rings is 1. The van der Waals surface area contributed by atoms with Crippen LogP contribution in [0.4, 0.5) is 5.69 Å². The van der Waals surface area contributed by atoms with E-state index in [2.05, 4.69) is 26.2 Å². The molecule has 0 spiro atoms. The first-order valence-electron chi connectivity index (χ1n) is 7.23. The summed E-state index contributed by atoms with van der Waals surface area (Å²) in [6.45, 7) is 0.884. The van der Waals surface area contributed by atoms with Crippen LogP contribution in [-0.4, -0.2) is 23.2 Å². The SMILES string of the molecule is O=C(/C=C/c1ccc(Br)s1)c1ccc(NC2=NCCCS2)cc1. The van der Waals surface area contributed by atoms with Crippen LogP contribution in [0.15, 0.2) is 51.3 Å².